The Balaban J connectivity index is 1.33. The molecule has 1 aromatic heterocycles. The van der Waals surface area contributed by atoms with Gasteiger partial charge in [-0.25, -0.2) is 9.97 Å². The number of likely N-dealkylation sites (N-methyl/N-ethyl adjacent to an activating group) is 1. The molecule has 166 valence electrons. The van der Waals surface area contributed by atoms with Crippen molar-refractivity contribution in [2.75, 3.05) is 46.2 Å². The van der Waals surface area contributed by atoms with Crippen molar-refractivity contribution < 1.29 is 9.53 Å². The zero-order valence-electron chi connectivity index (χ0n) is 18.9. The number of aryl methyl sites for hydroxylation is 1. The summed E-state index contributed by atoms with van der Waals surface area (Å²) in [4.78, 5) is 26.8. The fourth-order valence-electron chi connectivity index (χ4n) is 4.55. The molecule has 4 rings (SSSR count). The summed E-state index contributed by atoms with van der Waals surface area (Å²) in [6, 6.07) is 7.95. The molecule has 0 atom stereocenters. The summed E-state index contributed by atoms with van der Waals surface area (Å²) < 4.78 is 5.19. The quantitative estimate of drug-likeness (QED) is 0.771. The molecule has 0 unspecified atom stereocenters. The van der Waals surface area contributed by atoms with Crippen LogP contribution in [0.15, 0.2) is 24.3 Å². The number of rotatable bonds is 6. The molecule has 1 aromatic carbocycles. The number of benzene rings is 1. The van der Waals surface area contributed by atoms with E-state index in [2.05, 4.69) is 17.3 Å². The molecule has 3 heterocycles. The third-order valence-electron chi connectivity index (χ3n) is 6.50. The standard InChI is InChI=1S/C24H33N5O2/c1-25-24-20-16-28(2)13-12-21(20)26-23(27-24)18-10-14-29(15-11-18)22(30)9-6-17-4-7-19(31-3)8-5-17/h4-5,7-8,18H,6,9-16H2,1-3H3,(H,25,26,27). The highest BCUT2D eigenvalue weighted by atomic mass is 16.5. The van der Waals surface area contributed by atoms with E-state index < -0.39 is 0 Å². The Labute approximate surface area is 184 Å². The van der Waals surface area contributed by atoms with Crippen molar-refractivity contribution >= 4 is 11.7 Å². The zero-order chi connectivity index (χ0) is 21.8. The maximum absolute atomic E-state index is 12.7. The number of hydrogen-bond acceptors (Lipinski definition) is 6. The number of piperidine rings is 1. The average Bonchev–Trinajstić information content (AvgIpc) is 2.82. The van der Waals surface area contributed by atoms with Crippen molar-refractivity contribution in [2.24, 2.45) is 0 Å². The van der Waals surface area contributed by atoms with Gasteiger partial charge in [-0.2, -0.15) is 0 Å². The minimum Gasteiger partial charge on any atom is -0.497 e. The number of nitrogens with one attached hydrogen (secondary N) is 1. The number of anilines is 1. The van der Waals surface area contributed by atoms with Crippen LogP contribution in [0.2, 0.25) is 0 Å². The van der Waals surface area contributed by atoms with Crippen LogP contribution in [0.5, 0.6) is 5.75 Å². The molecule has 1 amide bonds. The molecular weight excluding hydrogens is 390 g/mol. The molecule has 7 nitrogen and oxygen atoms in total. The van der Waals surface area contributed by atoms with Crippen molar-refractivity contribution in [3.8, 4) is 5.75 Å². The maximum atomic E-state index is 12.7. The van der Waals surface area contributed by atoms with Crippen LogP contribution in [0.1, 0.15) is 47.8 Å². The lowest BCUT2D eigenvalue weighted by atomic mass is 9.94. The molecular formula is C24H33N5O2. The van der Waals surface area contributed by atoms with E-state index in [0.29, 0.717) is 12.3 Å². The first-order valence-electron chi connectivity index (χ1n) is 11.2. The summed E-state index contributed by atoms with van der Waals surface area (Å²) in [6.07, 6.45) is 4.13. The molecule has 0 aliphatic carbocycles. The highest BCUT2D eigenvalue weighted by Gasteiger charge is 2.28. The van der Waals surface area contributed by atoms with E-state index in [1.54, 1.807) is 7.11 Å². The highest BCUT2D eigenvalue weighted by molar-refractivity contribution is 5.76. The van der Waals surface area contributed by atoms with Crippen LogP contribution in [-0.4, -0.2) is 66.5 Å². The Kier molecular flexibility index (Phi) is 6.70. The molecule has 2 aromatic rings. The Bertz CT molecular complexity index is 890. The molecule has 7 heteroatoms. The average molecular weight is 424 g/mol. The number of hydrogen-bond donors (Lipinski definition) is 1. The van der Waals surface area contributed by atoms with Crippen LogP contribution < -0.4 is 10.1 Å². The zero-order valence-corrected chi connectivity index (χ0v) is 18.9. The minimum absolute atomic E-state index is 0.236. The number of carbonyl (C=O) groups excluding carboxylic acids is 1. The van der Waals surface area contributed by atoms with Crippen molar-refractivity contribution in [2.45, 2.75) is 44.6 Å². The molecule has 1 fully saturated rings. The SMILES string of the molecule is CNc1nc(C2CCN(C(=O)CCc3ccc(OC)cc3)CC2)nc2c1CN(C)CC2. The second-order valence-electron chi connectivity index (χ2n) is 8.60. The van der Waals surface area contributed by atoms with Crippen LogP contribution in [0, 0.1) is 0 Å². The predicted molar refractivity (Wildman–Crippen MR) is 121 cm³/mol. The first-order valence-corrected chi connectivity index (χ1v) is 11.2. The number of ether oxygens (including phenoxy) is 1. The van der Waals surface area contributed by atoms with Gasteiger partial charge in [0.15, 0.2) is 0 Å². The molecule has 0 radical (unpaired) electrons. The number of nitrogens with zero attached hydrogens (tertiary/aromatic N) is 4. The third kappa shape index (κ3) is 4.98. The predicted octanol–water partition coefficient (Wildman–Crippen LogP) is 2.85. The number of aromatic nitrogens is 2. The number of likely N-dealkylation sites (tertiary alicyclic amines) is 1. The van der Waals surface area contributed by atoms with E-state index in [-0.39, 0.29) is 5.91 Å². The summed E-state index contributed by atoms with van der Waals surface area (Å²) in [7, 11) is 5.73. The summed E-state index contributed by atoms with van der Waals surface area (Å²) in [6.45, 7) is 3.50. The normalized spacial score (nSPS) is 17.3. The van der Waals surface area contributed by atoms with Gasteiger partial charge in [-0.1, -0.05) is 12.1 Å². The lowest BCUT2D eigenvalue weighted by molar-refractivity contribution is -0.132. The molecule has 2 aliphatic heterocycles. The minimum atomic E-state index is 0.236. The fourth-order valence-corrected chi connectivity index (χ4v) is 4.55. The summed E-state index contributed by atoms with van der Waals surface area (Å²) in [5.41, 5.74) is 3.58. The van der Waals surface area contributed by atoms with E-state index in [9.17, 15) is 4.79 Å². The number of fused-ring (bicyclic) bond motifs is 1. The fraction of sp³-hybridized carbons (Fsp3) is 0.542. The summed E-state index contributed by atoms with van der Waals surface area (Å²) in [5.74, 6) is 3.31. The van der Waals surface area contributed by atoms with Gasteiger partial charge in [0, 0.05) is 57.5 Å². The van der Waals surface area contributed by atoms with Crippen molar-refractivity contribution in [3.05, 3.63) is 46.9 Å². The van der Waals surface area contributed by atoms with E-state index in [1.165, 1.54) is 11.3 Å². The monoisotopic (exact) mass is 423 g/mol. The first kappa shape index (κ1) is 21.6. The van der Waals surface area contributed by atoms with E-state index in [1.807, 2.05) is 36.2 Å². The lowest BCUT2D eigenvalue weighted by Gasteiger charge is -2.32. The Morgan fingerprint density at radius 1 is 1.16 bits per heavy atom. The van der Waals surface area contributed by atoms with Crippen LogP contribution in [0.25, 0.3) is 0 Å². The number of amides is 1. The third-order valence-corrected chi connectivity index (χ3v) is 6.50. The van der Waals surface area contributed by atoms with Crippen molar-refractivity contribution in [3.63, 3.8) is 0 Å². The van der Waals surface area contributed by atoms with Crippen LogP contribution in [-0.2, 0) is 24.2 Å². The van der Waals surface area contributed by atoms with Gasteiger partial charge >= 0.3 is 0 Å². The molecule has 0 spiro atoms. The second kappa shape index (κ2) is 9.64. The lowest BCUT2D eigenvalue weighted by Crippen LogP contribution is -2.38. The van der Waals surface area contributed by atoms with Gasteiger partial charge in [0.25, 0.3) is 0 Å². The van der Waals surface area contributed by atoms with E-state index in [4.69, 9.17) is 14.7 Å². The molecule has 2 aliphatic rings. The molecule has 1 saturated heterocycles. The second-order valence-corrected chi connectivity index (χ2v) is 8.60. The molecule has 1 N–H and O–H groups in total. The van der Waals surface area contributed by atoms with Gasteiger partial charge in [0.2, 0.25) is 5.91 Å². The largest absolute Gasteiger partial charge is 0.497 e. The van der Waals surface area contributed by atoms with E-state index in [0.717, 1.165) is 74.8 Å². The number of methoxy groups -OCH3 is 1. The van der Waals surface area contributed by atoms with Crippen molar-refractivity contribution in [1.82, 2.24) is 19.8 Å². The Morgan fingerprint density at radius 2 is 1.90 bits per heavy atom. The smallest absolute Gasteiger partial charge is 0.222 e. The highest BCUT2D eigenvalue weighted by Crippen LogP contribution is 2.30. The topological polar surface area (TPSA) is 70.6 Å². The van der Waals surface area contributed by atoms with Gasteiger partial charge in [0.1, 0.15) is 17.4 Å². The van der Waals surface area contributed by atoms with Crippen molar-refractivity contribution in [1.29, 1.82) is 0 Å². The Hall–Kier alpha value is -2.67. The first-order chi connectivity index (χ1) is 15.1. The maximum Gasteiger partial charge on any atom is 0.222 e. The summed E-state index contributed by atoms with van der Waals surface area (Å²) >= 11 is 0. The van der Waals surface area contributed by atoms with Crippen LogP contribution in [0.3, 0.4) is 0 Å². The molecule has 0 saturated carbocycles. The van der Waals surface area contributed by atoms with Crippen LogP contribution in [0.4, 0.5) is 5.82 Å². The Morgan fingerprint density at radius 3 is 2.58 bits per heavy atom. The van der Waals surface area contributed by atoms with E-state index >= 15 is 0 Å². The van der Waals surface area contributed by atoms with Gasteiger partial charge in [-0.05, 0) is 44.0 Å². The summed E-state index contributed by atoms with van der Waals surface area (Å²) in [5, 5.41) is 3.27. The van der Waals surface area contributed by atoms with Gasteiger partial charge in [-0.15, -0.1) is 0 Å². The molecule has 0 bridgehead atoms. The molecule has 31 heavy (non-hydrogen) atoms. The van der Waals surface area contributed by atoms with Crippen LogP contribution >= 0.6 is 0 Å². The van der Waals surface area contributed by atoms with Gasteiger partial charge < -0.3 is 19.9 Å². The van der Waals surface area contributed by atoms with Gasteiger partial charge in [0.05, 0.1) is 12.8 Å². The number of carbonyl (C=O) groups is 1. The van der Waals surface area contributed by atoms with Gasteiger partial charge in [-0.3, -0.25) is 4.79 Å².